The number of amides is 2. The second kappa shape index (κ2) is 10.2. The monoisotopic (exact) mass is 406 g/mol. The quantitative estimate of drug-likeness (QED) is 0.556. The predicted molar refractivity (Wildman–Crippen MR) is 113 cm³/mol. The Morgan fingerprint density at radius 2 is 1.71 bits per heavy atom. The van der Waals surface area contributed by atoms with Gasteiger partial charge in [0.15, 0.2) is 5.16 Å². The van der Waals surface area contributed by atoms with Gasteiger partial charge in [0.1, 0.15) is 0 Å². The lowest BCUT2D eigenvalue weighted by atomic mass is 9.94. The molecule has 1 fully saturated rings. The van der Waals surface area contributed by atoms with Crippen LogP contribution in [0.4, 0.5) is 0 Å². The molecule has 2 rings (SSSR count). The number of aryl methyl sites for hydroxylation is 2. The summed E-state index contributed by atoms with van der Waals surface area (Å²) in [6.07, 6.45) is 4.57. The van der Waals surface area contributed by atoms with Crippen LogP contribution in [0.5, 0.6) is 0 Å². The molecule has 0 saturated carbocycles. The summed E-state index contributed by atoms with van der Waals surface area (Å²) in [7, 11) is 0. The summed E-state index contributed by atoms with van der Waals surface area (Å²) in [5, 5.41) is 3.88. The summed E-state index contributed by atoms with van der Waals surface area (Å²) in [5.74, 6) is 0.724. The molecule has 1 aromatic rings. The third-order valence-electron chi connectivity index (χ3n) is 5.76. The summed E-state index contributed by atoms with van der Waals surface area (Å²) >= 11 is 1.53. The number of thioether (sulfide) groups is 1. The maximum absolute atomic E-state index is 12.6. The molecule has 2 heterocycles. The third-order valence-corrected chi connectivity index (χ3v) is 6.31. The van der Waals surface area contributed by atoms with Gasteiger partial charge in [-0.15, -0.1) is 0 Å². The summed E-state index contributed by atoms with van der Waals surface area (Å²) in [6, 6.07) is 0.179. The van der Waals surface area contributed by atoms with Crippen LogP contribution < -0.4 is 5.32 Å². The van der Waals surface area contributed by atoms with Gasteiger partial charge in [0.2, 0.25) is 11.8 Å². The zero-order chi connectivity index (χ0) is 20.8. The number of carbonyl (C=O) groups is 2. The van der Waals surface area contributed by atoms with Crippen LogP contribution in [-0.2, 0) is 16.0 Å². The first-order valence-electron chi connectivity index (χ1n) is 10.2. The van der Waals surface area contributed by atoms with E-state index in [0.717, 1.165) is 34.9 Å². The van der Waals surface area contributed by atoms with Crippen molar-refractivity contribution in [1.29, 1.82) is 0 Å². The SMILES string of the molecule is CSc1nc(C)c(CCC(=O)N2CCC(C(=O)NC(C)C(C)C)CC2)c(C)n1. The molecule has 6 nitrogen and oxygen atoms in total. The molecule has 1 aliphatic rings. The van der Waals surface area contributed by atoms with E-state index < -0.39 is 0 Å². The molecular formula is C21H34N4O2S. The normalized spacial score (nSPS) is 16.3. The zero-order valence-electron chi connectivity index (χ0n) is 18.0. The highest BCUT2D eigenvalue weighted by molar-refractivity contribution is 7.98. The van der Waals surface area contributed by atoms with E-state index in [1.807, 2.05) is 31.9 Å². The summed E-state index contributed by atoms with van der Waals surface area (Å²) in [6.45, 7) is 11.5. The minimum Gasteiger partial charge on any atom is -0.353 e. The Kier molecular flexibility index (Phi) is 8.28. The first-order chi connectivity index (χ1) is 13.2. The van der Waals surface area contributed by atoms with Gasteiger partial charge in [-0.05, 0) is 57.8 Å². The Labute approximate surface area is 173 Å². The van der Waals surface area contributed by atoms with Crippen LogP contribution in [0.25, 0.3) is 0 Å². The van der Waals surface area contributed by atoms with Crippen molar-refractivity contribution in [2.45, 2.75) is 71.5 Å². The van der Waals surface area contributed by atoms with Crippen molar-refractivity contribution in [2.24, 2.45) is 11.8 Å². The molecule has 0 spiro atoms. The molecule has 0 radical (unpaired) electrons. The Morgan fingerprint density at radius 1 is 1.14 bits per heavy atom. The number of rotatable bonds is 7. The molecule has 1 aromatic heterocycles. The number of nitrogens with one attached hydrogen (secondary N) is 1. The van der Waals surface area contributed by atoms with Crippen LogP contribution >= 0.6 is 11.8 Å². The van der Waals surface area contributed by atoms with Crippen LogP contribution in [0, 0.1) is 25.7 Å². The smallest absolute Gasteiger partial charge is 0.223 e. The van der Waals surface area contributed by atoms with Gasteiger partial charge in [0.25, 0.3) is 0 Å². The molecule has 0 bridgehead atoms. The molecule has 1 atom stereocenters. The van der Waals surface area contributed by atoms with Gasteiger partial charge in [-0.1, -0.05) is 25.6 Å². The lowest BCUT2D eigenvalue weighted by molar-refractivity contribution is -0.135. The molecule has 7 heteroatoms. The fourth-order valence-electron chi connectivity index (χ4n) is 3.45. The molecular weight excluding hydrogens is 372 g/mol. The number of carbonyl (C=O) groups excluding carboxylic acids is 2. The highest BCUT2D eigenvalue weighted by atomic mass is 32.2. The predicted octanol–water partition coefficient (Wildman–Crippen LogP) is 3.15. The highest BCUT2D eigenvalue weighted by Gasteiger charge is 2.28. The van der Waals surface area contributed by atoms with E-state index in [1.54, 1.807) is 0 Å². The lowest BCUT2D eigenvalue weighted by Crippen LogP contribution is -2.45. The summed E-state index contributed by atoms with van der Waals surface area (Å²) in [4.78, 5) is 35.9. The largest absolute Gasteiger partial charge is 0.353 e. The number of aromatic nitrogens is 2. The molecule has 1 N–H and O–H groups in total. The lowest BCUT2D eigenvalue weighted by Gasteiger charge is -2.32. The van der Waals surface area contributed by atoms with Crippen molar-refractivity contribution < 1.29 is 9.59 Å². The van der Waals surface area contributed by atoms with Crippen LogP contribution in [0.15, 0.2) is 5.16 Å². The van der Waals surface area contributed by atoms with Gasteiger partial charge in [-0.3, -0.25) is 9.59 Å². The Bertz CT molecular complexity index is 677. The van der Waals surface area contributed by atoms with Gasteiger partial charge < -0.3 is 10.2 Å². The maximum atomic E-state index is 12.6. The van der Waals surface area contributed by atoms with E-state index in [-0.39, 0.29) is 23.8 Å². The average molecular weight is 407 g/mol. The van der Waals surface area contributed by atoms with Gasteiger partial charge in [-0.25, -0.2) is 9.97 Å². The molecule has 0 aromatic carbocycles. The summed E-state index contributed by atoms with van der Waals surface area (Å²) < 4.78 is 0. The van der Waals surface area contributed by atoms with E-state index in [2.05, 4.69) is 29.1 Å². The minimum atomic E-state index is 0.0160. The topological polar surface area (TPSA) is 75.2 Å². The molecule has 1 saturated heterocycles. The van der Waals surface area contributed by atoms with E-state index in [1.165, 1.54) is 11.8 Å². The zero-order valence-corrected chi connectivity index (χ0v) is 18.9. The number of hydrogen-bond donors (Lipinski definition) is 1. The van der Waals surface area contributed by atoms with Crippen LogP contribution in [-0.4, -0.2) is 52.1 Å². The first-order valence-corrected chi connectivity index (χ1v) is 11.4. The van der Waals surface area contributed by atoms with Gasteiger partial charge in [0, 0.05) is 42.9 Å². The standard InChI is InChI=1S/C21H34N4O2S/c1-13(2)14(3)22-20(27)17-9-11-25(12-10-17)19(26)8-7-18-15(4)23-21(28-6)24-16(18)5/h13-14,17H,7-12H2,1-6H3,(H,22,27). The molecule has 1 unspecified atom stereocenters. The Morgan fingerprint density at radius 3 is 2.21 bits per heavy atom. The highest BCUT2D eigenvalue weighted by Crippen LogP contribution is 2.21. The molecule has 2 amide bonds. The Balaban J connectivity index is 1.83. The average Bonchev–Trinajstić information content (AvgIpc) is 2.66. The van der Waals surface area contributed by atoms with E-state index in [9.17, 15) is 9.59 Å². The van der Waals surface area contributed by atoms with E-state index in [4.69, 9.17) is 0 Å². The maximum Gasteiger partial charge on any atom is 0.223 e. The first kappa shape index (κ1) is 22.7. The number of nitrogens with zero attached hydrogens (tertiary/aromatic N) is 3. The van der Waals surface area contributed by atoms with Crippen molar-refractivity contribution in [3.05, 3.63) is 17.0 Å². The van der Waals surface area contributed by atoms with Gasteiger partial charge in [0.05, 0.1) is 0 Å². The van der Waals surface area contributed by atoms with Gasteiger partial charge in [-0.2, -0.15) is 0 Å². The fourth-order valence-corrected chi connectivity index (χ4v) is 3.91. The molecule has 0 aliphatic carbocycles. The van der Waals surface area contributed by atoms with Crippen LogP contribution in [0.1, 0.15) is 57.0 Å². The number of piperidine rings is 1. The van der Waals surface area contributed by atoms with Crippen molar-refractivity contribution >= 4 is 23.6 Å². The summed E-state index contributed by atoms with van der Waals surface area (Å²) in [5.41, 5.74) is 2.99. The Hall–Kier alpha value is -1.63. The van der Waals surface area contributed by atoms with Gasteiger partial charge >= 0.3 is 0 Å². The van der Waals surface area contributed by atoms with E-state index >= 15 is 0 Å². The van der Waals surface area contributed by atoms with Crippen molar-refractivity contribution in [1.82, 2.24) is 20.2 Å². The van der Waals surface area contributed by atoms with E-state index in [0.29, 0.717) is 31.8 Å². The minimum absolute atomic E-state index is 0.0160. The number of likely N-dealkylation sites (tertiary alicyclic amines) is 1. The molecule has 1 aliphatic heterocycles. The van der Waals surface area contributed by atoms with Crippen molar-refractivity contribution in [3.63, 3.8) is 0 Å². The third kappa shape index (κ3) is 5.93. The van der Waals surface area contributed by atoms with Crippen LogP contribution in [0.3, 0.4) is 0 Å². The van der Waals surface area contributed by atoms with Crippen LogP contribution in [0.2, 0.25) is 0 Å². The number of hydrogen-bond acceptors (Lipinski definition) is 5. The van der Waals surface area contributed by atoms with Crippen molar-refractivity contribution in [3.8, 4) is 0 Å². The fraction of sp³-hybridized carbons (Fsp3) is 0.714. The second-order valence-electron chi connectivity index (χ2n) is 8.06. The second-order valence-corrected chi connectivity index (χ2v) is 8.83. The van der Waals surface area contributed by atoms with Crippen molar-refractivity contribution in [2.75, 3.05) is 19.3 Å². The molecule has 28 heavy (non-hydrogen) atoms. The molecule has 156 valence electrons.